The second-order valence-electron chi connectivity index (χ2n) is 3.70. The predicted octanol–water partition coefficient (Wildman–Crippen LogP) is 0.431. The number of hydrogen-bond acceptors (Lipinski definition) is 4. The van der Waals surface area contributed by atoms with E-state index in [1.54, 1.807) is 0 Å². The summed E-state index contributed by atoms with van der Waals surface area (Å²) in [5, 5.41) is 8.88. The molecule has 18 heavy (non-hydrogen) atoms. The normalized spacial score (nSPS) is 10.7. The highest BCUT2D eigenvalue weighted by molar-refractivity contribution is 5.99. The largest absolute Gasteiger partial charge is 0.399 e. The SMILES string of the molecule is NC(=O)c1ccc(N)cc1N(CCO)CC(F)F. The van der Waals surface area contributed by atoms with Crippen molar-refractivity contribution in [1.82, 2.24) is 0 Å². The molecule has 0 unspecified atom stereocenters. The topological polar surface area (TPSA) is 92.6 Å². The molecule has 0 aliphatic rings. The molecular formula is C11H15F2N3O2. The summed E-state index contributed by atoms with van der Waals surface area (Å²) in [4.78, 5) is 12.4. The standard InChI is InChI=1S/C11H15F2N3O2/c12-10(13)6-16(3-4-17)9-5-7(14)1-2-8(9)11(15)18/h1-2,5,10,17H,3-4,6,14H2,(H2,15,18). The van der Waals surface area contributed by atoms with E-state index in [4.69, 9.17) is 16.6 Å². The lowest BCUT2D eigenvalue weighted by atomic mass is 10.1. The van der Waals surface area contributed by atoms with Crippen LogP contribution in [-0.2, 0) is 0 Å². The third-order valence-corrected chi connectivity index (χ3v) is 2.36. The lowest BCUT2D eigenvalue weighted by Crippen LogP contribution is -2.33. The van der Waals surface area contributed by atoms with Gasteiger partial charge in [-0.25, -0.2) is 8.78 Å². The van der Waals surface area contributed by atoms with Crippen LogP contribution in [0.15, 0.2) is 18.2 Å². The molecule has 0 fully saturated rings. The van der Waals surface area contributed by atoms with E-state index in [0.717, 1.165) is 0 Å². The maximum Gasteiger partial charge on any atom is 0.255 e. The molecule has 0 radical (unpaired) electrons. The fraction of sp³-hybridized carbons (Fsp3) is 0.364. The first-order valence-electron chi connectivity index (χ1n) is 5.29. The maximum absolute atomic E-state index is 12.5. The number of aliphatic hydroxyl groups is 1. The predicted molar refractivity (Wildman–Crippen MR) is 64.7 cm³/mol. The Labute approximate surface area is 103 Å². The molecule has 0 aliphatic heterocycles. The average Bonchev–Trinajstić information content (AvgIpc) is 2.27. The Morgan fingerprint density at radius 3 is 2.61 bits per heavy atom. The molecule has 0 aromatic heterocycles. The highest BCUT2D eigenvalue weighted by atomic mass is 19.3. The van der Waals surface area contributed by atoms with Crippen LogP contribution in [-0.4, -0.2) is 37.1 Å². The molecule has 100 valence electrons. The van der Waals surface area contributed by atoms with Gasteiger partial charge in [-0.15, -0.1) is 0 Å². The molecule has 1 rings (SSSR count). The number of primary amides is 1. The van der Waals surface area contributed by atoms with E-state index < -0.39 is 18.9 Å². The molecule has 0 bridgehead atoms. The van der Waals surface area contributed by atoms with E-state index in [-0.39, 0.29) is 24.4 Å². The molecule has 0 saturated heterocycles. The fourth-order valence-electron chi connectivity index (χ4n) is 1.62. The minimum Gasteiger partial charge on any atom is -0.399 e. The van der Waals surface area contributed by atoms with Crippen molar-refractivity contribution in [2.45, 2.75) is 6.43 Å². The number of nitrogen functional groups attached to an aromatic ring is 1. The summed E-state index contributed by atoms with van der Waals surface area (Å²) in [7, 11) is 0. The third-order valence-electron chi connectivity index (χ3n) is 2.36. The fourth-order valence-corrected chi connectivity index (χ4v) is 1.62. The monoisotopic (exact) mass is 259 g/mol. The number of hydrogen-bond donors (Lipinski definition) is 3. The van der Waals surface area contributed by atoms with E-state index in [2.05, 4.69) is 0 Å². The van der Waals surface area contributed by atoms with Gasteiger partial charge in [0.15, 0.2) is 0 Å². The lowest BCUT2D eigenvalue weighted by molar-refractivity contribution is 0.0999. The number of nitrogens with zero attached hydrogens (tertiary/aromatic N) is 1. The van der Waals surface area contributed by atoms with Crippen LogP contribution in [0.2, 0.25) is 0 Å². The van der Waals surface area contributed by atoms with Crippen molar-refractivity contribution in [3.8, 4) is 0 Å². The Morgan fingerprint density at radius 2 is 2.11 bits per heavy atom. The highest BCUT2D eigenvalue weighted by Gasteiger charge is 2.18. The summed E-state index contributed by atoms with van der Waals surface area (Å²) >= 11 is 0. The summed E-state index contributed by atoms with van der Waals surface area (Å²) in [6.45, 7) is -0.960. The summed E-state index contributed by atoms with van der Waals surface area (Å²) in [5.41, 5.74) is 11.4. The zero-order chi connectivity index (χ0) is 13.7. The van der Waals surface area contributed by atoms with E-state index in [1.807, 2.05) is 0 Å². The molecular weight excluding hydrogens is 244 g/mol. The number of amides is 1. The van der Waals surface area contributed by atoms with E-state index in [9.17, 15) is 13.6 Å². The Morgan fingerprint density at radius 1 is 1.44 bits per heavy atom. The first kappa shape index (κ1) is 14.2. The smallest absolute Gasteiger partial charge is 0.255 e. The van der Waals surface area contributed by atoms with E-state index >= 15 is 0 Å². The minimum absolute atomic E-state index is 0.0337. The van der Waals surface area contributed by atoms with Gasteiger partial charge in [-0.3, -0.25) is 4.79 Å². The van der Waals surface area contributed by atoms with Crippen LogP contribution >= 0.6 is 0 Å². The van der Waals surface area contributed by atoms with E-state index in [0.29, 0.717) is 5.69 Å². The number of alkyl halides is 2. The molecule has 1 aromatic carbocycles. The Balaban J connectivity index is 3.15. The number of halogens is 2. The van der Waals surface area contributed by atoms with Crippen LogP contribution in [0.4, 0.5) is 20.2 Å². The summed E-state index contributed by atoms with van der Waals surface area (Å²) < 4.78 is 24.9. The second-order valence-corrected chi connectivity index (χ2v) is 3.70. The number of benzene rings is 1. The number of carbonyl (C=O) groups excluding carboxylic acids is 1. The first-order valence-corrected chi connectivity index (χ1v) is 5.29. The molecule has 1 amide bonds. The molecule has 0 heterocycles. The van der Waals surface area contributed by atoms with Crippen LogP contribution < -0.4 is 16.4 Å². The average molecular weight is 259 g/mol. The Kier molecular flexibility index (Phi) is 4.85. The highest BCUT2D eigenvalue weighted by Crippen LogP contribution is 2.24. The van der Waals surface area contributed by atoms with Gasteiger partial charge in [0.25, 0.3) is 12.3 Å². The van der Waals surface area contributed by atoms with E-state index in [1.165, 1.54) is 23.1 Å². The molecule has 0 spiro atoms. The van der Waals surface area contributed by atoms with Crippen molar-refractivity contribution in [3.05, 3.63) is 23.8 Å². The van der Waals surface area contributed by atoms with Crippen LogP contribution in [0.25, 0.3) is 0 Å². The number of rotatable bonds is 6. The molecule has 1 aromatic rings. The quantitative estimate of drug-likeness (QED) is 0.646. The Bertz CT molecular complexity index is 427. The van der Waals surface area contributed by atoms with Crippen LogP contribution in [0.1, 0.15) is 10.4 Å². The number of carbonyl (C=O) groups is 1. The van der Waals surface area contributed by atoms with Crippen LogP contribution in [0, 0.1) is 0 Å². The van der Waals surface area contributed by atoms with Gasteiger partial charge in [0.05, 0.1) is 24.4 Å². The van der Waals surface area contributed by atoms with Gasteiger partial charge in [0.1, 0.15) is 0 Å². The van der Waals surface area contributed by atoms with Gasteiger partial charge in [-0.2, -0.15) is 0 Å². The Hall–Kier alpha value is -1.89. The van der Waals surface area contributed by atoms with Crippen molar-refractivity contribution in [2.75, 3.05) is 30.3 Å². The van der Waals surface area contributed by atoms with Crippen molar-refractivity contribution >= 4 is 17.3 Å². The third kappa shape index (κ3) is 3.56. The summed E-state index contributed by atoms with van der Waals surface area (Å²) in [5.74, 6) is -0.734. The minimum atomic E-state index is -2.60. The van der Waals surface area contributed by atoms with Gasteiger partial charge < -0.3 is 21.5 Å². The molecule has 0 atom stereocenters. The van der Waals surface area contributed by atoms with Crippen LogP contribution in [0.5, 0.6) is 0 Å². The van der Waals surface area contributed by atoms with Crippen molar-refractivity contribution < 1.29 is 18.7 Å². The summed E-state index contributed by atoms with van der Waals surface area (Å²) in [6, 6.07) is 4.23. The molecule has 7 heteroatoms. The van der Waals surface area contributed by atoms with Gasteiger partial charge in [-0.1, -0.05) is 0 Å². The number of nitrogens with two attached hydrogens (primary N) is 2. The zero-order valence-corrected chi connectivity index (χ0v) is 9.64. The van der Waals surface area contributed by atoms with Crippen molar-refractivity contribution in [1.29, 1.82) is 0 Å². The number of anilines is 2. The van der Waals surface area contributed by atoms with Gasteiger partial charge >= 0.3 is 0 Å². The van der Waals surface area contributed by atoms with Gasteiger partial charge in [0.2, 0.25) is 0 Å². The van der Waals surface area contributed by atoms with Gasteiger partial charge in [-0.05, 0) is 18.2 Å². The second kappa shape index (κ2) is 6.15. The molecule has 5 nitrogen and oxygen atoms in total. The number of aliphatic hydroxyl groups excluding tert-OH is 1. The van der Waals surface area contributed by atoms with Gasteiger partial charge in [0, 0.05) is 12.2 Å². The van der Waals surface area contributed by atoms with Crippen LogP contribution in [0.3, 0.4) is 0 Å². The first-order chi connectivity index (χ1) is 8.45. The van der Waals surface area contributed by atoms with Crippen molar-refractivity contribution in [3.63, 3.8) is 0 Å². The summed E-state index contributed by atoms with van der Waals surface area (Å²) in [6.07, 6.45) is -2.60. The molecule has 0 aliphatic carbocycles. The lowest BCUT2D eigenvalue weighted by Gasteiger charge is -2.25. The zero-order valence-electron chi connectivity index (χ0n) is 9.64. The maximum atomic E-state index is 12.5. The molecule has 5 N–H and O–H groups in total. The van der Waals surface area contributed by atoms with Crippen molar-refractivity contribution in [2.24, 2.45) is 5.73 Å². The molecule has 0 saturated carbocycles.